The molecule has 0 atom stereocenters. The van der Waals surface area contributed by atoms with Gasteiger partial charge in [-0.1, -0.05) is 72.6 Å². The smallest absolute Gasteiger partial charge is 0.200 e. The summed E-state index contributed by atoms with van der Waals surface area (Å²) in [6.45, 7) is 9.33. The minimum absolute atomic E-state index is 0.111. The van der Waals surface area contributed by atoms with Crippen LogP contribution in [0.2, 0.25) is 0 Å². The van der Waals surface area contributed by atoms with Gasteiger partial charge in [0.05, 0.1) is 0 Å². The Labute approximate surface area is 184 Å². The highest BCUT2D eigenvalue weighted by molar-refractivity contribution is 5.57. The molecule has 1 saturated carbocycles. The van der Waals surface area contributed by atoms with Gasteiger partial charge in [-0.25, -0.2) is 0 Å². The summed E-state index contributed by atoms with van der Waals surface area (Å²) in [5, 5.41) is 30.4. The average Bonchev–Trinajstić information content (AvgIpc) is 3.44. The second-order valence-corrected chi connectivity index (χ2v) is 10.9. The van der Waals surface area contributed by atoms with Crippen LogP contribution in [0.5, 0.6) is 17.2 Å². The van der Waals surface area contributed by atoms with Crippen molar-refractivity contribution in [1.29, 1.82) is 0 Å². The van der Waals surface area contributed by atoms with E-state index < -0.39 is 0 Å². The van der Waals surface area contributed by atoms with Crippen molar-refractivity contribution in [2.24, 2.45) is 10.8 Å². The maximum absolute atomic E-state index is 10.4. The number of aromatic hydroxyl groups is 3. The topological polar surface area (TPSA) is 60.7 Å². The molecule has 172 valence electrons. The van der Waals surface area contributed by atoms with Crippen LogP contribution in [-0.2, 0) is 12.8 Å². The molecule has 0 aromatic heterocycles. The number of hydrogen-bond acceptors (Lipinski definition) is 3. The summed E-state index contributed by atoms with van der Waals surface area (Å²) in [5.41, 5.74) is 2.92. The van der Waals surface area contributed by atoms with E-state index in [0.29, 0.717) is 10.8 Å². The van der Waals surface area contributed by atoms with Gasteiger partial charge in [0, 0.05) is 5.56 Å². The fourth-order valence-corrected chi connectivity index (χ4v) is 4.36. The Morgan fingerprint density at radius 2 is 1.43 bits per heavy atom. The van der Waals surface area contributed by atoms with Crippen molar-refractivity contribution in [3.63, 3.8) is 0 Å². The van der Waals surface area contributed by atoms with Crippen LogP contribution in [-0.4, -0.2) is 15.3 Å². The van der Waals surface area contributed by atoms with E-state index in [1.165, 1.54) is 64.2 Å². The van der Waals surface area contributed by atoms with E-state index in [1.54, 1.807) is 6.07 Å². The molecule has 0 unspecified atom stereocenters. The quantitative estimate of drug-likeness (QED) is 0.199. The summed E-state index contributed by atoms with van der Waals surface area (Å²) >= 11 is 0. The molecule has 1 fully saturated rings. The number of benzene rings is 1. The fourth-order valence-electron chi connectivity index (χ4n) is 4.36. The third kappa shape index (κ3) is 8.04. The molecule has 1 aromatic carbocycles. The van der Waals surface area contributed by atoms with Gasteiger partial charge in [-0.15, -0.1) is 0 Å². The summed E-state index contributed by atoms with van der Waals surface area (Å²) in [6, 6.07) is 1.67. The Morgan fingerprint density at radius 3 is 2.07 bits per heavy atom. The Kier molecular flexibility index (Phi) is 9.37. The molecule has 3 N–H and O–H groups in total. The zero-order valence-corrected chi connectivity index (χ0v) is 20.0. The molecule has 30 heavy (non-hydrogen) atoms. The van der Waals surface area contributed by atoms with Crippen LogP contribution in [0.25, 0.3) is 0 Å². The first-order valence-corrected chi connectivity index (χ1v) is 12.4. The molecular weight excluding hydrogens is 372 g/mol. The molecule has 0 aliphatic heterocycles. The molecular formula is C27H46O3. The number of aryl methyl sites for hydroxylation is 1. The van der Waals surface area contributed by atoms with Crippen molar-refractivity contribution in [3.05, 3.63) is 17.2 Å². The molecule has 1 aliphatic rings. The summed E-state index contributed by atoms with van der Waals surface area (Å²) in [7, 11) is 0. The highest BCUT2D eigenvalue weighted by atomic mass is 16.3. The van der Waals surface area contributed by atoms with Crippen molar-refractivity contribution in [3.8, 4) is 17.2 Å². The van der Waals surface area contributed by atoms with Crippen molar-refractivity contribution < 1.29 is 15.3 Å². The van der Waals surface area contributed by atoms with Gasteiger partial charge in [-0.05, 0) is 73.8 Å². The van der Waals surface area contributed by atoms with Gasteiger partial charge in [0.25, 0.3) is 0 Å². The average molecular weight is 419 g/mol. The zero-order chi connectivity index (χ0) is 22.2. The number of phenolic OH excluding ortho intramolecular Hbond substituents is 3. The van der Waals surface area contributed by atoms with Crippen molar-refractivity contribution >= 4 is 0 Å². The third-order valence-electron chi connectivity index (χ3n) is 7.52. The van der Waals surface area contributed by atoms with E-state index in [0.717, 1.165) is 43.2 Å². The predicted molar refractivity (Wildman–Crippen MR) is 126 cm³/mol. The van der Waals surface area contributed by atoms with E-state index in [4.69, 9.17) is 0 Å². The van der Waals surface area contributed by atoms with Crippen LogP contribution in [0.3, 0.4) is 0 Å². The number of rotatable bonds is 15. The van der Waals surface area contributed by atoms with E-state index in [1.807, 2.05) is 0 Å². The van der Waals surface area contributed by atoms with Gasteiger partial charge < -0.3 is 15.3 Å². The lowest BCUT2D eigenvalue weighted by Gasteiger charge is -2.22. The van der Waals surface area contributed by atoms with Crippen LogP contribution >= 0.6 is 0 Å². The molecule has 0 heterocycles. The van der Waals surface area contributed by atoms with Crippen LogP contribution in [0.4, 0.5) is 0 Å². The molecule has 1 aromatic rings. The summed E-state index contributed by atoms with van der Waals surface area (Å²) < 4.78 is 0. The van der Waals surface area contributed by atoms with E-state index >= 15 is 0 Å². The van der Waals surface area contributed by atoms with Crippen molar-refractivity contribution in [2.75, 3.05) is 0 Å². The largest absolute Gasteiger partial charge is 0.504 e. The maximum Gasteiger partial charge on any atom is 0.200 e. The Morgan fingerprint density at radius 1 is 0.833 bits per heavy atom. The molecule has 0 bridgehead atoms. The van der Waals surface area contributed by atoms with E-state index in [-0.39, 0.29) is 17.2 Å². The molecule has 0 saturated heterocycles. The second-order valence-electron chi connectivity index (χ2n) is 10.9. The Balaban J connectivity index is 1.77. The maximum atomic E-state index is 10.4. The minimum Gasteiger partial charge on any atom is -0.504 e. The lowest BCUT2D eigenvalue weighted by atomic mass is 9.84. The standard InChI is InChI=1S/C27H46O3/c1-5-26(2,3)16-12-8-6-10-14-21-20-23(28)25(30)24(29)22(21)15-11-7-9-13-17-27(4)18-19-27/h20,28-30H,5-19H2,1-4H3. The van der Waals surface area contributed by atoms with Gasteiger partial charge >= 0.3 is 0 Å². The normalized spacial score (nSPS) is 15.5. The minimum atomic E-state index is -0.364. The highest BCUT2D eigenvalue weighted by Gasteiger charge is 2.35. The van der Waals surface area contributed by atoms with E-state index in [2.05, 4.69) is 27.7 Å². The first-order chi connectivity index (χ1) is 14.2. The molecule has 0 spiro atoms. The number of hydrogen-bond donors (Lipinski definition) is 3. The van der Waals surface area contributed by atoms with Gasteiger partial charge in [0.15, 0.2) is 11.5 Å². The van der Waals surface area contributed by atoms with Crippen LogP contribution in [0.15, 0.2) is 6.07 Å². The molecule has 2 rings (SSSR count). The highest BCUT2D eigenvalue weighted by Crippen LogP contribution is 2.49. The SMILES string of the molecule is CCC(C)(C)CCCCCCc1cc(O)c(O)c(O)c1CCCCCCC1(C)CC1. The Hall–Kier alpha value is -1.38. The van der Waals surface area contributed by atoms with Crippen LogP contribution in [0.1, 0.15) is 122 Å². The van der Waals surface area contributed by atoms with Crippen LogP contribution < -0.4 is 0 Å². The monoisotopic (exact) mass is 418 g/mol. The van der Waals surface area contributed by atoms with Gasteiger partial charge in [-0.3, -0.25) is 0 Å². The van der Waals surface area contributed by atoms with Gasteiger partial charge in [-0.2, -0.15) is 0 Å². The number of phenols is 3. The van der Waals surface area contributed by atoms with Gasteiger partial charge in [0.1, 0.15) is 0 Å². The predicted octanol–water partition coefficient (Wildman–Crippen LogP) is 8.03. The number of unbranched alkanes of at least 4 members (excludes halogenated alkanes) is 6. The second kappa shape index (κ2) is 11.3. The van der Waals surface area contributed by atoms with Crippen LogP contribution in [0, 0.1) is 10.8 Å². The fraction of sp³-hybridized carbons (Fsp3) is 0.778. The molecule has 0 radical (unpaired) electrons. The summed E-state index contributed by atoms with van der Waals surface area (Å²) in [6.07, 6.45) is 17.7. The zero-order valence-electron chi connectivity index (χ0n) is 20.0. The van der Waals surface area contributed by atoms with Crippen molar-refractivity contribution in [2.45, 2.75) is 124 Å². The lowest BCUT2D eigenvalue weighted by molar-refractivity contribution is 0.307. The van der Waals surface area contributed by atoms with Gasteiger partial charge in [0.2, 0.25) is 5.75 Å². The molecule has 3 heteroatoms. The first kappa shape index (κ1) is 24.9. The van der Waals surface area contributed by atoms with Crippen molar-refractivity contribution in [1.82, 2.24) is 0 Å². The lowest BCUT2D eigenvalue weighted by Crippen LogP contribution is -2.08. The van der Waals surface area contributed by atoms with E-state index in [9.17, 15) is 15.3 Å². The first-order valence-electron chi connectivity index (χ1n) is 12.4. The molecule has 1 aliphatic carbocycles. The molecule has 0 amide bonds. The molecule has 3 nitrogen and oxygen atoms in total. The summed E-state index contributed by atoms with van der Waals surface area (Å²) in [4.78, 5) is 0. The summed E-state index contributed by atoms with van der Waals surface area (Å²) in [5.74, 6) is -0.675. The Bertz CT molecular complexity index is 659. The third-order valence-corrected chi connectivity index (χ3v) is 7.52.